The fraction of sp³-hybridized carbons (Fsp3) is 0.500. The van der Waals surface area contributed by atoms with Gasteiger partial charge < -0.3 is 10.6 Å². The van der Waals surface area contributed by atoms with E-state index in [1.165, 1.54) is 6.07 Å². The van der Waals surface area contributed by atoms with E-state index in [0.29, 0.717) is 13.0 Å². The van der Waals surface area contributed by atoms with Gasteiger partial charge in [-0.15, -0.1) is 0 Å². The molecule has 0 unspecified atom stereocenters. The highest BCUT2D eigenvalue weighted by molar-refractivity contribution is 5.57. The van der Waals surface area contributed by atoms with Crippen LogP contribution in [0.1, 0.15) is 59.4 Å². The van der Waals surface area contributed by atoms with Crippen molar-refractivity contribution >= 4 is 12.1 Å². The van der Waals surface area contributed by atoms with Crippen LogP contribution in [-0.4, -0.2) is 24.8 Å². The third kappa shape index (κ3) is 5.20. The molecule has 2 saturated carbocycles. The highest BCUT2D eigenvalue weighted by atomic mass is 19.3. The van der Waals surface area contributed by atoms with Gasteiger partial charge >= 0.3 is 0 Å². The van der Waals surface area contributed by atoms with Gasteiger partial charge in [0.15, 0.2) is 0 Å². The van der Waals surface area contributed by atoms with Crippen molar-refractivity contribution in [3.05, 3.63) is 64.0 Å². The molecule has 1 amide bonds. The number of benzene rings is 2. The molecule has 1 heterocycles. The average molecular weight is 481 g/mol. The summed E-state index contributed by atoms with van der Waals surface area (Å²) in [6.45, 7) is 3.33. The molecule has 2 aromatic rings. The van der Waals surface area contributed by atoms with Gasteiger partial charge in [0.2, 0.25) is 18.3 Å². The summed E-state index contributed by atoms with van der Waals surface area (Å²) in [5.41, 5.74) is 10.1. The Morgan fingerprint density at radius 3 is 2.29 bits per heavy atom. The standard InChI is InChI=1S/C25H26F5N.CH3NO/c1-15-6-21(31-5-4-17-8-20(26)3-2-18(17)14-31)9-23(19-12-25(29,30)13-19)22(15)7-16-10-24(27,28)11-16;2-1-3/h2-3,6,8-9,16,19H,4-5,7,10-14H2,1H3;1H,(H2,2,3). The molecule has 1 aliphatic heterocycles. The molecule has 34 heavy (non-hydrogen) atoms. The first-order valence-corrected chi connectivity index (χ1v) is 11.6. The summed E-state index contributed by atoms with van der Waals surface area (Å²) >= 11 is 0. The van der Waals surface area contributed by atoms with Crippen molar-refractivity contribution in [1.29, 1.82) is 0 Å². The zero-order valence-corrected chi connectivity index (χ0v) is 19.1. The van der Waals surface area contributed by atoms with E-state index in [0.717, 1.165) is 46.5 Å². The van der Waals surface area contributed by atoms with Crippen LogP contribution in [0.2, 0.25) is 0 Å². The Labute approximate surface area is 196 Å². The number of carbonyl (C=O) groups is 1. The maximum atomic E-state index is 13.7. The van der Waals surface area contributed by atoms with E-state index >= 15 is 0 Å². The highest BCUT2D eigenvalue weighted by Crippen LogP contribution is 2.51. The number of fused-ring (bicyclic) bond motifs is 1. The van der Waals surface area contributed by atoms with Crippen LogP contribution >= 0.6 is 0 Å². The summed E-state index contributed by atoms with van der Waals surface area (Å²) < 4.78 is 67.6. The predicted molar refractivity (Wildman–Crippen MR) is 121 cm³/mol. The van der Waals surface area contributed by atoms with Crippen molar-refractivity contribution in [2.45, 2.75) is 69.8 Å². The van der Waals surface area contributed by atoms with Gasteiger partial charge in [-0.1, -0.05) is 6.07 Å². The SMILES string of the molecule is Cc1cc(N2CCc3cc(F)ccc3C2)cc(C2CC(F)(F)C2)c1CC1CC(F)(F)C1.NC=O. The molecule has 2 fully saturated rings. The van der Waals surface area contributed by atoms with E-state index in [1.807, 2.05) is 19.1 Å². The Balaban J connectivity index is 0.000000868. The largest absolute Gasteiger partial charge is 0.372 e. The summed E-state index contributed by atoms with van der Waals surface area (Å²) in [5.74, 6) is -5.76. The number of aryl methyl sites for hydroxylation is 1. The van der Waals surface area contributed by atoms with Crippen LogP contribution in [0.15, 0.2) is 30.3 Å². The van der Waals surface area contributed by atoms with Gasteiger partial charge in [0.25, 0.3) is 0 Å². The number of hydrogen-bond acceptors (Lipinski definition) is 2. The minimum absolute atomic E-state index is 0.0874. The number of nitrogens with zero attached hydrogens (tertiary/aromatic N) is 1. The van der Waals surface area contributed by atoms with Crippen molar-refractivity contribution < 1.29 is 26.7 Å². The average Bonchev–Trinajstić information content (AvgIpc) is 2.72. The second-order valence-corrected chi connectivity index (χ2v) is 9.85. The lowest BCUT2D eigenvalue weighted by molar-refractivity contribution is -0.110. The van der Waals surface area contributed by atoms with E-state index < -0.39 is 11.8 Å². The number of rotatable bonds is 4. The lowest BCUT2D eigenvalue weighted by Gasteiger charge is -2.40. The molecular weight excluding hydrogens is 451 g/mol. The normalized spacial score (nSPS) is 20.9. The minimum atomic E-state index is -2.64. The number of amides is 1. The number of carbonyl (C=O) groups excluding carboxylic acids is 1. The van der Waals surface area contributed by atoms with Crippen LogP contribution in [0, 0.1) is 18.7 Å². The van der Waals surface area contributed by atoms with Gasteiger partial charge in [0, 0.05) is 44.5 Å². The van der Waals surface area contributed by atoms with Crippen LogP contribution in [0.4, 0.5) is 27.6 Å². The molecule has 0 saturated heterocycles. The Morgan fingerprint density at radius 1 is 1.03 bits per heavy atom. The molecule has 0 spiro atoms. The second kappa shape index (κ2) is 9.19. The molecular formula is C26H29F5N2O. The highest BCUT2D eigenvalue weighted by Gasteiger charge is 2.48. The summed E-state index contributed by atoms with van der Waals surface area (Å²) in [6, 6.07) is 8.92. The van der Waals surface area contributed by atoms with Crippen molar-refractivity contribution in [3.8, 4) is 0 Å². The van der Waals surface area contributed by atoms with Gasteiger partial charge in [-0.2, -0.15) is 0 Å². The summed E-state index contributed by atoms with van der Waals surface area (Å²) in [4.78, 5) is 10.8. The summed E-state index contributed by atoms with van der Waals surface area (Å²) in [5, 5.41) is 0. The molecule has 3 aliphatic rings. The zero-order valence-electron chi connectivity index (χ0n) is 19.1. The predicted octanol–water partition coefficient (Wildman–Crippen LogP) is 5.90. The zero-order chi connectivity index (χ0) is 24.7. The van der Waals surface area contributed by atoms with Crippen molar-refractivity contribution in [2.75, 3.05) is 11.4 Å². The third-order valence-corrected chi connectivity index (χ3v) is 7.24. The molecule has 5 rings (SSSR count). The second-order valence-electron chi connectivity index (χ2n) is 9.85. The number of primary amides is 1. The molecule has 2 N–H and O–H groups in total. The molecule has 2 aromatic carbocycles. The topological polar surface area (TPSA) is 46.3 Å². The van der Waals surface area contributed by atoms with E-state index in [2.05, 4.69) is 16.7 Å². The van der Waals surface area contributed by atoms with Crippen molar-refractivity contribution in [2.24, 2.45) is 11.7 Å². The van der Waals surface area contributed by atoms with Gasteiger partial charge in [0.1, 0.15) is 5.82 Å². The van der Waals surface area contributed by atoms with E-state index in [4.69, 9.17) is 4.79 Å². The smallest absolute Gasteiger partial charge is 0.249 e. The quantitative estimate of drug-likeness (QED) is 0.438. The number of alkyl halides is 4. The maximum Gasteiger partial charge on any atom is 0.249 e. The summed E-state index contributed by atoms with van der Waals surface area (Å²) in [7, 11) is 0. The fourth-order valence-electron chi connectivity index (χ4n) is 5.49. The first-order chi connectivity index (χ1) is 16.0. The maximum absolute atomic E-state index is 13.7. The lowest BCUT2D eigenvalue weighted by atomic mass is 9.70. The van der Waals surface area contributed by atoms with E-state index in [1.54, 1.807) is 6.07 Å². The first-order valence-electron chi connectivity index (χ1n) is 11.6. The molecule has 184 valence electrons. The molecule has 0 radical (unpaired) electrons. The van der Waals surface area contributed by atoms with Gasteiger partial charge in [-0.3, -0.25) is 4.79 Å². The van der Waals surface area contributed by atoms with Crippen LogP contribution in [0.25, 0.3) is 0 Å². The number of halogens is 5. The lowest BCUT2D eigenvalue weighted by Crippen LogP contribution is -2.38. The Bertz CT molecular complexity index is 1060. The number of hydrogen-bond donors (Lipinski definition) is 1. The molecule has 2 aliphatic carbocycles. The Kier molecular flexibility index (Phi) is 6.62. The Hall–Kier alpha value is -2.64. The first kappa shape index (κ1) is 24.5. The summed E-state index contributed by atoms with van der Waals surface area (Å²) in [6.07, 6.45) is 0.919. The molecule has 0 bridgehead atoms. The van der Waals surface area contributed by atoms with Gasteiger partial charge in [-0.25, -0.2) is 22.0 Å². The van der Waals surface area contributed by atoms with Crippen molar-refractivity contribution in [1.82, 2.24) is 0 Å². The van der Waals surface area contributed by atoms with Crippen LogP contribution in [0.5, 0.6) is 0 Å². The van der Waals surface area contributed by atoms with Gasteiger partial charge in [-0.05, 0) is 83.7 Å². The molecule has 3 nitrogen and oxygen atoms in total. The van der Waals surface area contributed by atoms with Crippen LogP contribution < -0.4 is 10.6 Å². The van der Waals surface area contributed by atoms with E-state index in [9.17, 15) is 22.0 Å². The third-order valence-electron chi connectivity index (χ3n) is 7.24. The molecule has 8 heteroatoms. The molecule has 0 aromatic heterocycles. The van der Waals surface area contributed by atoms with Gasteiger partial charge in [0.05, 0.1) is 0 Å². The van der Waals surface area contributed by atoms with Crippen LogP contribution in [-0.2, 0) is 24.2 Å². The molecule has 0 atom stereocenters. The number of nitrogens with two attached hydrogens (primary N) is 1. The van der Waals surface area contributed by atoms with E-state index in [-0.39, 0.29) is 49.7 Å². The monoisotopic (exact) mass is 480 g/mol. The Morgan fingerprint density at radius 2 is 1.68 bits per heavy atom. The minimum Gasteiger partial charge on any atom is -0.372 e. The van der Waals surface area contributed by atoms with Crippen molar-refractivity contribution in [3.63, 3.8) is 0 Å². The van der Waals surface area contributed by atoms with Crippen LogP contribution in [0.3, 0.4) is 0 Å². The number of anilines is 1. The fourth-order valence-corrected chi connectivity index (χ4v) is 5.49.